The van der Waals surface area contributed by atoms with Crippen molar-refractivity contribution in [1.29, 1.82) is 0 Å². The monoisotopic (exact) mass is 550 g/mol. The SMILES string of the molecule is C[Si](C)(C)C#Cc1cc(-c2cc(C#C[Si](C)(C)C)c(C#C[Si](C)(C)C)s2)sc1C#C[Si](C)(C)C. The molecule has 0 saturated heterocycles. The summed E-state index contributed by atoms with van der Waals surface area (Å²) < 4.78 is 0. The van der Waals surface area contributed by atoms with E-state index in [0.717, 1.165) is 20.9 Å². The quantitative estimate of drug-likeness (QED) is 0.247. The van der Waals surface area contributed by atoms with Crippen LogP contribution in [0.4, 0.5) is 0 Å². The Hall–Kier alpha value is -1.49. The maximum Gasteiger partial charge on any atom is 0.129 e. The largest absolute Gasteiger partial charge is 0.129 e. The Labute approximate surface area is 221 Å². The van der Waals surface area contributed by atoms with Crippen molar-refractivity contribution < 1.29 is 0 Å². The molecule has 0 atom stereocenters. The van der Waals surface area contributed by atoms with Gasteiger partial charge in [-0.3, -0.25) is 0 Å². The maximum absolute atomic E-state index is 3.54. The van der Waals surface area contributed by atoms with Gasteiger partial charge in [-0.1, -0.05) is 102 Å². The van der Waals surface area contributed by atoms with Crippen LogP contribution in [0.2, 0.25) is 78.6 Å². The van der Waals surface area contributed by atoms with Crippen molar-refractivity contribution in [3.63, 3.8) is 0 Å². The van der Waals surface area contributed by atoms with Crippen molar-refractivity contribution in [3.8, 4) is 55.6 Å². The number of thiophene rings is 2. The summed E-state index contributed by atoms with van der Waals surface area (Å²) in [4.78, 5) is 4.64. The summed E-state index contributed by atoms with van der Waals surface area (Å²) in [7, 11) is -5.90. The van der Waals surface area contributed by atoms with Gasteiger partial charge in [0.1, 0.15) is 32.3 Å². The van der Waals surface area contributed by atoms with Crippen molar-refractivity contribution in [1.82, 2.24) is 0 Å². The molecule has 0 saturated carbocycles. The van der Waals surface area contributed by atoms with Gasteiger partial charge >= 0.3 is 0 Å². The predicted octanol–water partition coefficient (Wildman–Crippen LogP) is 8.39. The summed E-state index contributed by atoms with van der Waals surface area (Å²) >= 11 is 3.53. The molecule has 2 aromatic rings. The molecule has 0 fully saturated rings. The smallest absolute Gasteiger partial charge is 0.127 e. The Kier molecular flexibility index (Phi) is 8.99. The normalized spacial score (nSPS) is 11.8. The van der Waals surface area contributed by atoms with Crippen LogP contribution in [-0.4, -0.2) is 32.3 Å². The van der Waals surface area contributed by atoms with E-state index in [1.165, 1.54) is 9.75 Å². The van der Waals surface area contributed by atoms with E-state index in [9.17, 15) is 0 Å². The third-order valence-electron chi connectivity index (χ3n) is 3.95. The molecule has 0 aliphatic heterocycles. The van der Waals surface area contributed by atoms with Crippen LogP contribution in [0.15, 0.2) is 12.1 Å². The first-order valence-electron chi connectivity index (χ1n) is 11.7. The van der Waals surface area contributed by atoms with Crippen molar-refractivity contribution in [2.75, 3.05) is 0 Å². The van der Waals surface area contributed by atoms with Crippen LogP contribution in [0.25, 0.3) is 9.75 Å². The van der Waals surface area contributed by atoms with Gasteiger partial charge in [0.05, 0.1) is 20.9 Å². The number of rotatable bonds is 1. The highest BCUT2D eigenvalue weighted by molar-refractivity contribution is 7.23. The molecule has 0 aliphatic rings. The predicted molar refractivity (Wildman–Crippen MR) is 169 cm³/mol. The molecule has 0 aromatic carbocycles. The number of hydrogen-bond acceptors (Lipinski definition) is 2. The van der Waals surface area contributed by atoms with Gasteiger partial charge in [-0.15, -0.1) is 44.8 Å². The number of hydrogen-bond donors (Lipinski definition) is 0. The molecule has 0 nitrogen and oxygen atoms in total. The van der Waals surface area contributed by atoms with Gasteiger partial charge in [0, 0.05) is 9.75 Å². The van der Waals surface area contributed by atoms with Crippen LogP contribution in [0.3, 0.4) is 0 Å². The zero-order valence-electron chi connectivity index (χ0n) is 23.0. The lowest BCUT2D eigenvalue weighted by atomic mass is 10.2. The lowest BCUT2D eigenvalue weighted by Crippen LogP contribution is -2.16. The molecule has 2 rings (SSSR count). The minimum absolute atomic E-state index is 1.08. The van der Waals surface area contributed by atoms with E-state index < -0.39 is 32.3 Å². The van der Waals surface area contributed by atoms with E-state index in [1.807, 2.05) is 0 Å². The lowest BCUT2D eigenvalue weighted by molar-refractivity contribution is 1.75. The van der Waals surface area contributed by atoms with Gasteiger partial charge in [-0.25, -0.2) is 0 Å². The molecular weight excluding hydrogens is 513 g/mol. The fourth-order valence-electron chi connectivity index (χ4n) is 2.39. The molecule has 6 heteroatoms. The third-order valence-corrected chi connectivity index (χ3v) is 9.75. The standard InChI is InChI=1S/C28H38S2Si4/c1-31(2,3)17-13-23-21-27(29-25(23)15-19-33(7,8)9)28-22-24(14-18-32(4,5)6)26(30-28)16-20-34(10,11)12/h21-22H,1-12H3. The van der Waals surface area contributed by atoms with Crippen LogP contribution < -0.4 is 0 Å². The van der Waals surface area contributed by atoms with Crippen molar-refractivity contribution >= 4 is 55.0 Å². The second kappa shape index (κ2) is 10.6. The first kappa shape index (κ1) is 28.7. The van der Waals surface area contributed by atoms with Gasteiger partial charge in [0.25, 0.3) is 0 Å². The average Bonchev–Trinajstić information content (AvgIpc) is 3.22. The van der Waals surface area contributed by atoms with Crippen LogP contribution in [0.5, 0.6) is 0 Å². The van der Waals surface area contributed by atoms with Crippen molar-refractivity contribution in [2.45, 2.75) is 78.6 Å². The van der Waals surface area contributed by atoms with E-state index in [-0.39, 0.29) is 0 Å². The van der Waals surface area contributed by atoms with E-state index >= 15 is 0 Å². The van der Waals surface area contributed by atoms with Crippen LogP contribution in [0, 0.1) is 45.9 Å². The van der Waals surface area contributed by atoms with E-state index in [0.29, 0.717) is 0 Å². The Morgan fingerprint density at radius 1 is 0.441 bits per heavy atom. The summed E-state index contributed by atoms with van der Waals surface area (Å²) in [6, 6.07) is 4.48. The highest BCUT2D eigenvalue weighted by Gasteiger charge is 2.16. The molecule has 0 radical (unpaired) electrons. The minimum atomic E-state index is -1.48. The molecular formula is C28H38S2Si4. The zero-order chi connectivity index (χ0) is 25.9. The molecule has 0 aliphatic carbocycles. The van der Waals surface area contributed by atoms with E-state index in [1.54, 1.807) is 22.7 Å². The van der Waals surface area contributed by atoms with E-state index in [4.69, 9.17) is 0 Å². The average molecular weight is 551 g/mol. The second-order valence-electron chi connectivity index (χ2n) is 12.7. The van der Waals surface area contributed by atoms with Crippen LogP contribution >= 0.6 is 22.7 Å². The topological polar surface area (TPSA) is 0 Å². The van der Waals surface area contributed by atoms with Gasteiger partial charge < -0.3 is 0 Å². The molecule has 2 heterocycles. The molecule has 0 N–H and O–H groups in total. The first-order valence-corrected chi connectivity index (χ1v) is 27.4. The minimum Gasteiger partial charge on any atom is -0.127 e. The molecule has 0 unspecified atom stereocenters. The highest BCUT2D eigenvalue weighted by Crippen LogP contribution is 2.37. The van der Waals surface area contributed by atoms with Crippen molar-refractivity contribution in [3.05, 3.63) is 33.0 Å². The molecule has 0 amide bonds. The second-order valence-corrected chi connectivity index (χ2v) is 33.8. The Morgan fingerprint density at radius 3 is 0.971 bits per heavy atom. The van der Waals surface area contributed by atoms with Gasteiger partial charge in [-0.2, -0.15) is 0 Å². The Morgan fingerprint density at radius 2 is 0.706 bits per heavy atom. The molecule has 178 valence electrons. The lowest BCUT2D eigenvalue weighted by Gasteiger charge is -2.03. The van der Waals surface area contributed by atoms with Crippen LogP contribution in [-0.2, 0) is 0 Å². The molecule has 34 heavy (non-hydrogen) atoms. The van der Waals surface area contributed by atoms with E-state index in [2.05, 4.69) is 137 Å². The van der Waals surface area contributed by atoms with Crippen molar-refractivity contribution in [2.24, 2.45) is 0 Å². The highest BCUT2D eigenvalue weighted by atomic mass is 32.1. The molecule has 0 bridgehead atoms. The Bertz CT molecular complexity index is 1100. The zero-order valence-corrected chi connectivity index (χ0v) is 28.6. The maximum atomic E-state index is 3.54. The fraction of sp³-hybridized carbons (Fsp3) is 0.429. The molecule has 2 aromatic heterocycles. The first-order chi connectivity index (χ1) is 15.3. The summed E-state index contributed by atoms with van der Waals surface area (Å²) in [5.74, 6) is 14.0. The summed E-state index contributed by atoms with van der Waals surface area (Å²) in [5.41, 5.74) is 16.3. The van der Waals surface area contributed by atoms with Crippen LogP contribution in [0.1, 0.15) is 20.9 Å². The van der Waals surface area contributed by atoms with Gasteiger partial charge in [-0.05, 0) is 12.1 Å². The van der Waals surface area contributed by atoms with Gasteiger partial charge in [0.2, 0.25) is 0 Å². The summed E-state index contributed by atoms with van der Waals surface area (Å²) in [5, 5.41) is 0. The third kappa shape index (κ3) is 10.4. The summed E-state index contributed by atoms with van der Waals surface area (Å²) in [6.07, 6.45) is 0. The van der Waals surface area contributed by atoms with Gasteiger partial charge in [0.15, 0.2) is 0 Å². The fourth-order valence-corrected chi connectivity index (χ4v) is 6.60. The summed E-state index contributed by atoms with van der Waals surface area (Å²) in [6.45, 7) is 27.4. The molecule has 0 spiro atoms. The Balaban J connectivity index is 2.68.